The predicted molar refractivity (Wildman–Crippen MR) is 67.9 cm³/mol. The molecule has 100 valence electrons. The van der Waals surface area contributed by atoms with Crippen LogP contribution in [-0.4, -0.2) is 32.1 Å². The smallest absolute Gasteiger partial charge is 0.261 e. The lowest BCUT2D eigenvalue weighted by Crippen LogP contribution is -2.28. The van der Waals surface area contributed by atoms with E-state index in [-0.39, 0.29) is 18.7 Å². The molecule has 0 aromatic heterocycles. The molecular weight excluding hydrogens is 284 g/mol. The summed E-state index contributed by atoms with van der Waals surface area (Å²) in [5.41, 5.74) is 0.290. The van der Waals surface area contributed by atoms with Gasteiger partial charge in [0, 0.05) is 11.4 Å². The molecular formula is C11H12ClF2NO2S. The van der Waals surface area contributed by atoms with Gasteiger partial charge >= 0.3 is 0 Å². The van der Waals surface area contributed by atoms with Gasteiger partial charge in [-0.15, -0.1) is 12.6 Å². The number of carbonyl (C=O) groups excluding carboxylic acids is 1. The first-order valence-corrected chi connectivity index (χ1v) is 5.96. The second-order valence-electron chi connectivity index (χ2n) is 3.39. The highest BCUT2D eigenvalue weighted by Crippen LogP contribution is 2.19. The zero-order chi connectivity index (χ0) is 13.5. The molecule has 0 spiro atoms. The molecule has 0 radical (unpaired) electrons. The van der Waals surface area contributed by atoms with Crippen molar-refractivity contribution in [2.45, 2.75) is 11.3 Å². The first kappa shape index (κ1) is 15.2. The summed E-state index contributed by atoms with van der Waals surface area (Å²) in [6.45, 7) is -0.476. The Labute approximate surface area is 114 Å². The van der Waals surface area contributed by atoms with Gasteiger partial charge in [-0.3, -0.25) is 4.79 Å². The van der Waals surface area contributed by atoms with Gasteiger partial charge in [0.25, 0.3) is 12.3 Å². The van der Waals surface area contributed by atoms with E-state index < -0.39 is 18.9 Å². The Morgan fingerprint density at radius 2 is 2.22 bits per heavy atom. The van der Waals surface area contributed by atoms with Gasteiger partial charge < -0.3 is 10.1 Å². The van der Waals surface area contributed by atoms with E-state index in [0.717, 1.165) is 0 Å². The van der Waals surface area contributed by atoms with Crippen molar-refractivity contribution in [1.82, 2.24) is 5.32 Å². The fourth-order valence-corrected chi connectivity index (χ4v) is 1.60. The summed E-state index contributed by atoms with van der Waals surface area (Å²) in [5, 5.41) is 2.82. The first-order chi connectivity index (χ1) is 8.50. The van der Waals surface area contributed by atoms with Crippen molar-refractivity contribution in [3.63, 3.8) is 0 Å². The van der Waals surface area contributed by atoms with Crippen molar-refractivity contribution in [2.75, 3.05) is 19.8 Å². The van der Waals surface area contributed by atoms with Crippen LogP contribution >= 0.6 is 24.2 Å². The van der Waals surface area contributed by atoms with Gasteiger partial charge in [-0.25, -0.2) is 8.78 Å². The fourth-order valence-electron chi connectivity index (χ4n) is 1.19. The second-order valence-corrected chi connectivity index (χ2v) is 4.31. The summed E-state index contributed by atoms with van der Waals surface area (Å²) < 4.78 is 28.1. The summed E-state index contributed by atoms with van der Waals surface area (Å²) in [6, 6.07) is 4.75. The molecule has 3 nitrogen and oxygen atoms in total. The van der Waals surface area contributed by atoms with E-state index in [0.29, 0.717) is 9.92 Å². The fraction of sp³-hybridized carbons (Fsp3) is 0.364. The molecule has 0 aliphatic heterocycles. The van der Waals surface area contributed by atoms with E-state index in [4.69, 9.17) is 11.6 Å². The molecule has 0 aliphatic rings. The minimum atomic E-state index is -2.50. The Balaban J connectivity index is 2.39. The van der Waals surface area contributed by atoms with Gasteiger partial charge in [0.15, 0.2) is 0 Å². The summed E-state index contributed by atoms with van der Waals surface area (Å²) in [4.78, 5) is 12.3. The van der Waals surface area contributed by atoms with Crippen molar-refractivity contribution in [3.05, 3.63) is 28.8 Å². The number of nitrogens with one attached hydrogen (secondary N) is 1. The third-order valence-electron chi connectivity index (χ3n) is 1.97. The number of hydrogen-bond acceptors (Lipinski definition) is 3. The molecule has 0 unspecified atom stereocenters. The minimum absolute atomic E-state index is 0.0221. The molecule has 1 amide bonds. The van der Waals surface area contributed by atoms with Crippen molar-refractivity contribution in [1.29, 1.82) is 0 Å². The van der Waals surface area contributed by atoms with Crippen molar-refractivity contribution < 1.29 is 18.3 Å². The lowest BCUT2D eigenvalue weighted by molar-refractivity contribution is 0.0188. The highest BCUT2D eigenvalue weighted by Gasteiger charge is 2.10. The number of thiol groups is 1. The number of hydrogen-bond donors (Lipinski definition) is 2. The number of halogens is 3. The molecule has 1 aromatic rings. The average molecular weight is 296 g/mol. The van der Waals surface area contributed by atoms with E-state index in [9.17, 15) is 13.6 Å². The molecule has 18 heavy (non-hydrogen) atoms. The molecule has 0 aliphatic carbocycles. The van der Waals surface area contributed by atoms with Crippen LogP contribution in [0.4, 0.5) is 8.78 Å². The molecule has 7 heteroatoms. The summed E-state index contributed by atoms with van der Waals surface area (Å²) in [5.74, 6) is -0.392. The van der Waals surface area contributed by atoms with Crippen LogP contribution in [0.5, 0.6) is 0 Å². The number of rotatable bonds is 6. The standard InChI is InChI=1S/C11H12ClF2NO2S/c12-9-2-1-7(18)5-8(9)11(16)15-3-4-17-6-10(13)14/h1-2,5,10,18H,3-4,6H2,(H,15,16). The maximum Gasteiger partial charge on any atom is 0.261 e. The monoisotopic (exact) mass is 295 g/mol. The maximum absolute atomic E-state index is 11.7. The van der Waals surface area contributed by atoms with Crippen LogP contribution in [0.15, 0.2) is 23.1 Å². The highest BCUT2D eigenvalue weighted by atomic mass is 35.5. The molecule has 1 aromatic carbocycles. The Morgan fingerprint density at radius 1 is 1.50 bits per heavy atom. The molecule has 0 bridgehead atoms. The second kappa shape index (κ2) is 7.56. The molecule has 1 N–H and O–H groups in total. The van der Waals surface area contributed by atoms with Crippen LogP contribution in [-0.2, 0) is 4.74 Å². The van der Waals surface area contributed by atoms with Gasteiger partial charge in [-0.1, -0.05) is 11.6 Å². The van der Waals surface area contributed by atoms with Crippen LogP contribution in [0, 0.1) is 0 Å². The summed E-state index contributed by atoms with van der Waals surface area (Å²) >= 11 is 9.94. The zero-order valence-electron chi connectivity index (χ0n) is 9.33. The maximum atomic E-state index is 11.7. The van der Waals surface area contributed by atoms with Gasteiger partial charge in [0.2, 0.25) is 0 Å². The average Bonchev–Trinajstić information content (AvgIpc) is 2.31. The lowest BCUT2D eigenvalue weighted by Gasteiger charge is -2.08. The van der Waals surface area contributed by atoms with Crippen molar-refractivity contribution in [2.24, 2.45) is 0 Å². The first-order valence-electron chi connectivity index (χ1n) is 5.13. The Morgan fingerprint density at radius 3 is 2.89 bits per heavy atom. The summed E-state index contributed by atoms with van der Waals surface area (Å²) in [7, 11) is 0. The predicted octanol–water partition coefficient (Wildman–Crippen LogP) is 2.64. The number of amides is 1. The van der Waals surface area contributed by atoms with Crippen LogP contribution in [0.1, 0.15) is 10.4 Å². The Bertz CT molecular complexity index is 418. The molecule has 0 fully saturated rings. The topological polar surface area (TPSA) is 38.3 Å². The third-order valence-corrected chi connectivity index (χ3v) is 2.58. The number of carbonyl (C=O) groups is 1. The lowest BCUT2D eigenvalue weighted by atomic mass is 10.2. The Kier molecular flexibility index (Phi) is 6.38. The molecule has 0 saturated heterocycles. The number of benzene rings is 1. The van der Waals surface area contributed by atoms with Crippen LogP contribution in [0.3, 0.4) is 0 Å². The molecule has 0 atom stereocenters. The van der Waals surface area contributed by atoms with E-state index in [1.807, 2.05) is 0 Å². The number of ether oxygens (including phenoxy) is 1. The number of alkyl halides is 2. The van der Waals surface area contributed by atoms with E-state index in [2.05, 4.69) is 22.7 Å². The largest absolute Gasteiger partial charge is 0.374 e. The van der Waals surface area contributed by atoms with Gasteiger partial charge in [0.05, 0.1) is 17.2 Å². The Hall–Kier alpha value is -0.850. The van der Waals surface area contributed by atoms with Crippen LogP contribution in [0.25, 0.3) is 0 Å². The third kappa shape index (κ3) is 5.20. The van der Waals surface area contributed by atoms with Crippen molar-refractivity contribution in [3.8, 4) is 0 Å². The highest BCUT2D eigenvalue weighted by molar-refractivity contribution is 7.80. The quantitative estimate of drug-likeness (QED) is 0.625. The SMILES string of the molecule is O=C(NCCOCC(F)F)c1cc(S)ccc1Cl. The van der Waals surface area contributed by atoms with Gasteiger partial charge in [-0.05, 0) is 18.2 Å². The van der Waals surface area contributed by atoms with Crippen LogP contribution < -0.4 is 5.32 Å². The minimum Gasteiger partial charge on any atom is -0.374 e. The summed E-state index contributed by atoms with van der Waals surface area (Å²) in [6.07, 6.45) is -2.50. The zero-order valence-corrected chi connectivity index (χ0v) is 11.0. The van der Waals surface area contributed by atoms with E-state index in [1.165, 1.54) is 6.07 Å². The molecule has 1 rings (SSSR count). The van der Waals surface area contributed by atoms with Crippen molar-refractivity contribution >= 4 is 30.1 Å². The van der Waals surface area contributed by atoms with E-state index in [1.54, 1.807) is 12.1 Å². The normalized spacial score (nSPS) is 10.7. The molecule has 0 saturated carbocycles. The van der Waals surface area contributed by atoms with Crippen LogP contribution in [0.2, 0.25) is 5.02 Å². The van der Waals surface area contributed by atoms with Gasteiger partial charge in [-0.2, -0.15) is 0 Å². The van der Waals surface area contributed by atoms with Gasteiger partial charge in [0.1, 0.15) is 6.61 Å². The molecule has 0 heterocycles. The van der Waals surface area contributed by atoms with E-state index >= 15 is 0 Å².